The predicted molar refractivity (Wildman–Crippen MR) is 141 cm³/mol. The second-order valence-corrected chi connectivity index (χ2v) is 9.94. The van der Waals surface area contributed by atoms with Crippen LogP contribution in [-0.2, 0) is 29.0 Å². The molecule has 4 rings (SSSR count). The number of halogens is 2. The molecule has 1 N–H and O–H groups in total. The molecule has 1 atom stereocenters. The van der Waals surface area contributed by atoms with Crippen molar-refractivity contribution in [3.63, 3.8) is 0 Å². The molecule has 1 aliphatic carbocycles. The maximum atomic E-state index is 13.7. The van der Waals surface area contributed by atoms with Crippen molar-refractivity contribution in [3.8, 4) is 0 Å². The first kappa shape index (κ1) is 25.9. The lowest BCUT2D eigenvalue weighted by Gasteiger charge is -2.33. The molecular weight excluding hydrogens is 475 g/mol. The molecule has 3 aromatic rings. The summed E-state index contributed by atoms with van der Waals surface area (Å²) in [6.45, 7) is 0.211. The fraction of sp³-hybridized carbons (Fsp3) is 0.333. The average molecular weight is 507 g/mol. The van der Waals surface area contributed by atoms with Crippen molar-refractivity contribution in [2.45, 2.75) is 63.6 Å². The number of carbonyl (C=O) groups excluding carboxylic acids is 2. The Morgan fingerprint density at radius 1 is 0.861 bits per heavy atom. The number of nitrogens with one attached hydrogen (secondary N) is 1. The summed E-state index contributed by atoms with van der Waals surface area (Å²) in [5.41, 5.74) is 2.56. The van der Waals surface area contributed by atoms with Crippen LogP contribution in [0.2, 0.25) is 5.02 Å². The molecule has 36 heavy (non-hydrogen) atoms. The van der Waals surface area contributed by atoms with Crippen molar-refractivity contribution in [1.29, 1.82) is 0 Å². The molecule has 0 radical (unpaired) electrons. The van der Waals surface area contributed by atoms with Crippen LogP contribution < -0.4 is 5.32 Å². The lowest BCUT2D eigenvalue weighted by molar-refractivity contribution is -0.141. The maximum absolute atomic E-state index is 13.7. The van der Waals surface area contributed by atoms with E-state index in [4.69, 9.17) is 11.6 Å². The van der Waals surface area contributed by atoms with Crippen molar-refractivity contribution >= 4 is 23.4 Å². The Bertz CT molecular complexity index is 1130. The Morgan fingerprint density at radius 3 is 2.17 bits per heavy atom. The zero-order valence-electron chi connectivity index (χ0n) is 20.3. The Morgan fingerprint density at radius 2 is 1.50 bits per heavy atom. The van der Waals surface area contributed by atoms with E-state index < -0.39 is 6.04 Å². The molecule has 0 bridgehead atoms. The molecule has 1 unspecified atom stereocenters. The number of rotatable bonds is 9. The molecule has 0 saturated heterocycles. The van der Waals surface area contributed by atoms with E-state index in [0.29, 0.717) is 11.4 Å². The Hall–Kier alpha value is -3.18. The fourth-order valence-corrected chi connectivity index (χ4v) is 4.89. The summed E-state index contributed by atoms with van der Waals surface area (Å²) in [5, 5.41) is 3.83. The van der Waals surface area contributed by atoms with Gasteiger partial charge in [0, 0.05) is 24.0 Å². The Kier molecular flexibility index (Phi) is 9.12. The third kappa shape index (κ3) is 7.41. The number of carbonyl (C=O) groups is 2. The maximum Gasteiger partial charge on any atom is 0.243 e. The minimum absolute atomic E-state index is 0.128. The van der Waals surface area contributed by atoms with Gasteiger partial charge in [-0.15, -0.1) is 0 Å². The van der Waals surface area contributed by atoms with Crippen LogP contribution in [0.4, 0.5) is 4.39 Å². The molecule has 6 heteroatoms. The summed E-state index contributed by atoms with van der Waals surface area (Å²) in [7, 11) is 0. The van der Waals surface area contributed by atoms with Crippen LogP contribution in [0.3, 0.4) is 0 Å². The first-order valence-corrected chi connectivity index (χ1v) is 13.0. The number of amides is 2. The highest BCUT2D eigenvalue weighted by molar-refractivity contribution is 6.30. The zero-order valence-corrected chi connectivity index (χ0v) is 21.1. The number of hydrogen-bond donors (Lipinski definition) is 1. The second-order valence-electron chi connectivity index (χ2n) is 9.50. The summed E-state index contributed by atoms with van der Waals surface area (Å²) in [5.74, 6) is -0.646. The Labute approximate surface area is 217 Å². The molecule has 1 fully saturated rings. The smallest absolute Gasteiger partial charge is 0.243 e. The van der Waals surface area contributed by atoms with E-state index in [9.17, 15) is 14.0 Å². The van der Waals surface area contributed by atoms with Gasteiger partial charge in [0.1, 0.15) is 11.9 Å². The van der Waals surface area contributed by atoms with E-state index >= 15 is 0 Å². The number of benzene rings is 3. The number of nitrogens with zero attached hydrogens (tertiary/aromatic N) is 1. The van der Waals surface area contributed by atoms with Crippen LogP contribution in [0.1, 0.15) is 48.8 Å². The molecule has 4 nitrogen and oxygen atoms in total. The molecular formula is C30H32ClFN2O2. The van der Waals surface area contributed by atoms with E-state index in [0.717, 1.165) is 42.4 Å². The highest BCUT2D eigenvalue weighted by Crippen LogP contribution is 2.21. The molecule has 3 aromatic carbocycles. The van der Waals surface area contributed by atoms with Gasteiger partial charge in [-0.1, -0.05) is 85.5 Å². The van der Waals surface area contributed by atoms with Crippen LogP contribution >= 0.6 is 11.6 Å². The highest BCUT2D eigenvalue weighted by atomic mass is 35.5. The monoisotopic (exact) mass is 506 g/mol. The topological polar surface area (TPSA) is 49.4 Å². The lowest BCUT2D eigenvalue weighted by Crippen LogP contribution is -2.53. The first-order chi connectivity index (χ1) is 17.5. The minimum Gasteiger partial charge on any atom is -0.352 e. The zero-order chi connectivity index (χ0) is 25.3. The quantitative estimate of drug-likeness (QED) is 0.380. The van der Waals surface area contributed by atoms with Crippen molar-refractivity contribution in [2.24, 2.45) is 0 Å². The van der Waals surface area contributed by atoms with Gasteiger partial charge in [0.25, 0.3) is 0 Å². The minimum atomic E-state index is -0.695. The normalized spacial score (nSPS) is 14.7. The van der Waals surface area contributed by atoms with Crippen molar-refractivity contribution < 1.29 is 14.0 Å². The van der Waals surface area contributed by atoms with E-state index in [1.165, 1.54) is 18.6 Å². The predicted octanol–water partition coefficient (Wildman–Crippen LogP) is 6.11. The van der Waals surface area contributed by atoms with Crippen LogP contribution in [-0.4, -0.2) is 28.8 Å². The molecule has 0 aliphatic heterocycles. The number of hydrogen-bond acceptors (Lipinski definition) is 2. The standard InChI is InChI=1S/C30H32ClFN2O2/c31-25-15-11-23(12-16-25)20-29(35)34(21-24-13-17-26(32)18-14-24)28(19-22-7-3-1-4-8-22)30(36)33-27-9-5-2-6-10-27/h1,3-4,7-8,11-18,27-28H,2,5-6,9-10,19-21H2,(H,33,36). The highest BCUT2D eigenvalue weighted by Gasteiger charge is 2.32. The Balaban J connectivity index is 1.64. The van der Waals surface area contributed by atoms with Gasteiger partial charge in [0.05, 0.1) is 6.42 Å². The second kappa shape index (κ2) is 12.7. The van der Waals surface area contributed by atoms with Crippen molar-refractivity contribution in [2.75, 3.05) is 0 Å². The molecule has 0 heterocycles. The molecule has 1 saturated carbocycles. The SMILES string of the molecule is O=C(NC1CCCCC1)C(Cc1ccccc1)N(Cc1ccc(F)cc1)C(=O)Cc1ccc(Cl)cc1. The van der Waals surface area contributed by atoms with Crippen LogP contribution in [0, 0.1) is 5.82 Å². The summed E-state index contributed by atoms with van der Waals surface area (Å²) in [6, 6.07) is 22.4. The molecule has 188 valence electrons. The van der Waals surface area contributed by atoms with Gasteiger partial charge < -0.3 is 10.2 Å². The third-order valence-corrected chi connectivity index (χ3v) is 7.01. The van der Waals surface area contributed by atoms with Gasteiger partial charge in [-0.2, -0.15) is 0 Å². The van der Waals surface area contributed by atoms with E-state index in [1.807, 2.05) is 42.5 Å². The fourth-order valence-electron chi connectivity index (χ4n) is 4.76. The van der Waals surface area contributed by atoms with E-state index in [2.05, 4.69) is 5.32 Å². The summed E-state index contributed by atoms with van der Waals surface area (Å²) in [6.07, 6.45) is 5.84. The summed E-state index contributed by atoms with van der Waals surface area (Å²) in [4.78, 5) is 29.1. The molecule has 0 aromatic heterocycles. The van der Waals surface area contributed by atoms with Crippen LogP contribution in [0.5, 0.6) is 0 Å². The van der Waals surface area contributed by atoms with Gasteiger partial charge in [0.15, 0.2) is 0 Å². The van der Waals surface area contributed by atoms with Gasteiger partial charge in [-0.3, -0.25) is 9.59 Å². The first-order valence-electron chi connectivity index (χ1n) is 12.6. The van der Waals surface area contributed by atoms with E-state index in [-0.39, 0.29) is 36.6 Å². The molecule has 2 amide bonds. The van der Waals surface area contributed by atoms with Crippen LogP contribution in [0.15, 0.2) is 78.9 Å². The van der Waals surface area contributed by atoms with E-state index in [1.54, 1.807) is 29.2 Å². The molecule has 1 aliphatic rings. The van der Waals surface area contributed by atoms with Crippen molar-refractivity contribution in [3.05, 3.63) is 106 Å². The van der Waals surface area contributed by atoms with Gasteiger partial charge >= 0.3 is 0 Å². The van der Waals surface area contributed by atoms with Gasteiger partial charge in [-0.25, -0.2) is 4.39 Å². The van der Waals surface area contributed by atoms with Gasteiger partial charge in [-0.05, 0) is 53.8 Å². The largest absolute Gasteiger partial charge is 0.352 e. The average Bonchev–Trinajstić information content (AvgIpc) is 2.89. The van der Waals surface area contributed by atoms with Crippen LogP contribution in [0.25, 0.3) is 0 Å². The lowest BCUT2D eigenvalue weighted by atomic mass is 9.94. The molecule has 0 spiro atoms. The van der Waals surface area contributed by atoms with Crippen molar-refractivity contribution in [1.82, 2.24) is 10.2 Å². The van der Waals surface area contributed by atoms with Gasteiger partial charge in [0.2, 0.25) is 11.8 Å². The third-order valence-electron chi connectivity index (χ3n) is 6.76. The summed E-state index contributed by atoms with van der Waals surface area (Å²) < 4.78 is 13.6. The summed E-state index contributed by atoms with van der Waals surface area (Å²) >= 11 is 6.03.